The maximum absolute atomic E-state index is 3.73. The minimum Gasteiger partial charge on any atom is -0.315 e. The molecule has 0 heterocycles. The van der Waals surface area contributed by atoms with Crippen molar-refractivity contribution in [3.05, 3.63) is 0 Å². The molecule has 0 spiro atoms. The lowest BCUT2D eigenvalue weighted by Crippen LogP contribution is -2.36. The van der Waals surface area contributed by atoms with E-state index in [9.17, 15) is 0 Å². The first kappa shape index (κ1) is 13.9. The van der Waals surface area contributed by atoms with Crippen molar-refractivity contribution in [2.45, 2.75) is 57.8 Å². The second-order valence-electron chi connectivity index (χ2n) is 7.35. The average Bonchev–Trinajstić information content (AvgIpc) is 3.32. The molecule has 0 aromatic heterocycles. The maximum Gasteiger partial charge on any atom is 0.0107 e. The topological polar surface area (TPSA) is 15.3 Å². The molecule has 0 atom stereocenters. The van der Waals surface area contributed by atoms with Gasteiger partial charge in [-0.05, 0) is 62.8 Å². The third-order valence-electron chi connectivity index (χ3n) is 5.19. The number of nitrogens with one attached hydrogen (secondary N) is 1. The average molecular weight is 264 g/mol. The molecule has 3 fully saturated rings. The highest BCUT2D eigenvalue weighted by Gasteiger charge is 2.28. The lowest BCUT2D eigenvalue weighted by molar-refractivity contribution is 0.247. The van der Waals surface area contributed by atoms with Crippen LogP contribution in [0.1, 0.15) is 57.8 Å². The van der Waals surface area contributed by atoms with E-state index in [1.165, 1.54) is 90.5 Å². The Bertz CT molecular complexity index is 238. The van der Waals surface area contributed by atoms with Crippen LogP contribution in [0.4, 0.5) is 0 Å². The smallest absolute Gasteiger partial charge is 0.0107 e. The van der Waals surface area contributed by atoms with Crippen molar-refractivity contribution >= 4 is 0 Å². The van der Waals surface area contributed by atoms with Gasteiger partial charge in [0.2, 0.25) is 0 Å². The summed E-state index contributed by atoms with van der Waals surface area (Å²) >= 11 is 0. The number of hydrogen-bond donors (Lipinski definition) is 1. The zero-order valence-corrected chi connectivity index (χ0v) is 12.6. The Morgan fingerprint density at radius 2 is 1.37 bits per heavy atom. The summed E-state index contributed by atoms with van der Waals surface area (Å²) in [6.45, 7) is 6.57. The number of hydrogen-bond acceptors (Lipinski definition) is 2. The highest BCUT2D eigenvalue weighted by atomic mass is 15.1. The van der Waals surface area contributed by atoms with Crippen LogP contribution >= 0.6 is 0 Å². The van der Waals surface area contributed by atoms with Crippen molar-refractivity contribution in [2.75, 3.05) is 32.7 Å². The first-order chi connectivity index (χ1) is 9.40. The van der Waals surface area contributed by atoms with E-state index in [1.54, 1.807) is 0 Å². The Labute approximate surface area is 119 Å². The van der Waals surface area contributed by atoms with Crippen molar-refractivity contribution in [1.82, 2.24) is 10.2 Å². The summed E-state index contributed by atoms with van der Waals surface area (Å²) in [5.41, 5.74) is 0. The predicted octanol–water partition coefficient (Wildman–Crippen LogP) is 3.28. The van der Waals surface area contributed by atoms with Gasteiger partial charge in [-0.15, -0.1) is 0 Å². The van der Waals surface area contributed by atoms with Crippen LogP contribution < -0.4 is 5.32 Å². The van der Waals surface area contributed by atoms with E-state index in [-0.39, 0.29) is 0 Å². The molecule has 0 amide bonds. The molecular weight excluding hydrogens is 232 g/mol. The van der Waals surface area contributed by atoms with Crippen LogP contribution in [0.2, 0.25) is 0 Å². The molecule has 0 saturated heterocycles. The normalized spacial score (nSPS) is 25.1. The molecule has 3 aliphatic carbocycles. The Morgan fingerprint density at radius 1 is 0.737 bits per heavy atom. The van der Waals surface area contributed by atoms with E-state index in [2.05, 4.69) is 10.2 Å². The molecule has 0 aliphatic heterocycles. The predicted molar refractivity (Wildman–Crippen MR) is 81.3 cm³/mol. The van der Waals surface area contributed by atoms with Crippen LogP contribution in [0.15, 0.2) is 0 Å². The molecule has 19 heavy (non-hydrogen) atoms. The fraction of sp³-hybridized carbons (Fsp3) is 1.00. The van der Waals surface area contributed by atoms with Crippen LogP contribution in [0.5, 0.6) is 0 Å². The lowest BCUT2D eigenvalue weighted by atomic mass is 9.89. The second kappa shape index (κ2) is 7.08. The van der Waals surface area contributed by atoms with E-state index in [4.69, 9.17) is 0 Å². The van der Waals surface area contributed by atoms with Crippen LogP contribution in [0, 0.1) is 17.8 Å². The third kappa shape index (κ3) is 5.43. The van der Waals surface area contributed by atoms with Crippen molar-refractivity contribution in [3.63, 3.8) is 0 Å². The molecule has 0 bridgehead atoms. The Kier molecular flexibility index (Phi) is 5.17. The SMILES string of the molecule is C1CCC(CNCCN(CC2CC2)CC2CC2)CC1. The fourth-order valence-corrected chi connectivity index (χ4v) is 3.52. The number of nitrogens with zero attached hydrogens (tertiary/aromatic N) is 1. The van der Waals surface area contributed by atoms with Crippen molar-refractivity contribution in [1.29, 1.82) is 0 Å². The molecule has 2 nitrogen and oxygen atoms in total. The van der Waals surface area contributed by atoms with Gasteiger partial charge in [-0.25, -0.2) is 0 Å². The maximum atomic E-state index is 3.73. The van der Waals surface area contributed by atoms with Crippen molar-refractivity contribution in [3.8, 4) is 0 Å². The quantitative estimate of drug-likeness (QED) is 0.643. The summed E-state index contributed by atoms with van der Waals surface area (Å²) in [4.78, 5) is 2.75. The monoisotopic (exact) mass is 264 g/mol. The first-order valence-corrected chi connectivity index (χ1v) is 8.83. The van der Waals surface area contributed by atoms with Gasteiger partial charge >= 0.3 is 0 Å². The summed E-state index contributed by atoms with van der Waals surface area (Å²) in [5, 5.41) is 3.73. The Balaban J connectivity index is 1.27. The van der Waals surface area contributed by atoms with E-state index < -0.39 is 0 Å². The lowest BCUT2D eigenvalue weighted by Gasteiger charge is -2.24. The van der Waals surface area contributed by atoms with E-state index in [0.29, 0.717) is 0 Å². The molecular formula is C17H32N2. The van der Waals surface area contributed by atoms with Gasteiger partial charge in [0, 0.05) is 26.2 Å². The molecule has 0 aromatic carbocycles. The van der Waals surface area contributed by atoms with E-state index in [0.717, 1.165) is 17.8 Å². The molecule has 3 saturated carbocycles. The summed E-state index contributed by atoms with van der Waals surface area (Å²) < 4.78 is 0. The molecule has 3 rings (SSSR count). The highest BCUT2D eigenvalue weighted by molar-refractivity contribution is 4.82. The van der Waals surface area contributed by atoms with Crippen LogP contribution in [-0.4, -0.2) is 37.6 Å². The van der Waals surface area contributed by atoms with Gasteiger partial charge in [0.1, 0.15) is 0 Å². The van der Waals surface area contributed by atoms with Crippen LogP contribution in [0.25, 0.3) is 0 Å². The molecule has 0 radical (unpaired) electrons. The first-order valence-electron chi connectivity index (χ1n) is 8.83. The van der Waals surface area contributed by atoms with Crippen molar-refractivity contribution < 1.29 is 0 Å². The largest absolute Gasteiger partial charge is 0.315 e. The van der Waals surface area contributed by atoms with Gasteiger partial charge in [-0.1, -0.05) is 19.3 Å². The molecule has 1 N–H and O–H groups in total. The summed E-state index contributed by atoms with van der Waals surface area (Å²) in [6.07, 6.45) is 13.4. The second-order valence-corrected chi connectivity index (χ2v) is 7.35. The molecule has 3 aliphatic rings. The van der Waals surface area contributed by atoms with Gasteiger partial charge in [-0.3, -0.25) is 0 Å². The van der Waals surface area contributed by atoms with E-state index >= 15 is 0 Å². The van der Waals surface area contributed by atoms with Crippen LogP contribution in [0.3, 0.4) is 0 Å². The highest BCUT2D eigenvalue weighted by Crippen LogP contribution is 2.33. The van der Waals surface area contributed by atoms with E-state index in [1.807, 2.05) is 0 Å². The minimum absolute atomic E-state index is 0.981. The van der Waals surface area contributed by atoms with Gasteiger partial charge in [0.15, 0.2) is 0 Å². The van der Waals surface area contributed by atoms with Gasteiger partial charge in [0.05, 0.1) is 0 Å². The minimum atomic E-state index is 0.981. The van der Waals surface area contributed by atoms with Gasteiger partial charge in [-0.2, -0.15) is 0 Å². The Morgan fingerprint density at radius 3 is 1.95 bits per heavy atom. The molecule has 0 unspecified atom stereocenters. The summed E-state index contributed by atoms with van der Waals surface area (Å²) in [5.74, 6) is 3.09. The summed E-state index contributed by atoms with van der Waals surface area (Å²) in [7, 11) is 0. The van der Waals surface area contributed by atoms with Gasteiger partial charge in [0.25, 0.3) is 0 Å². The molecule has 2 heteroatoms. The van der Waals surface area contributed by atoms with Crippen LogP contribution in [-0.2, 0) is 0 Å². The molecule has 110 valence electrons. The third-order valence-corrected chi connectivity index (χ3v) is 5.19. The number of rotatable bonds is 9. The van der Waals surface area contributed by atoms with Crippen molar-refractivity contribution in [2.24, 2.45) is 17.8 Å². The zero-order chi connectivity index (χ0) is 12.9. The summed E-state index contributed by atoms with van der Waals surface area (Å²) in [6, 6.07) is 0. The fourth-order valence-electron chi connectivity index (χ4n) is 3.52. The standard InChI is InChI=1S/C17H32N2/c1-2-4-15(5-3-1)12-18-10-11-19(13-16-6-7-16)14-17-8-9-17/h15-18H,1-14H2. The van der Waals surface area contributed by atoms with Gasteiger partial charge < -0.3 is 10.2 Å². The zero-order valence-electron chi connectivity index (χ0n) is 12.6. The molecule has 0 aromatic rings. The Hall–Kier alpha value is -0.0800.